The Kier molecular flexibility index (Phi) is 7.09. The number of rotatable bonds is 6. The average molecular weight is 536 g/mol. The number of para-hydroxylation sites is 1. The van der Waals surface area contributed by atoms with Gasteiger partial charge in [0.05, 0.1) is 20.2 Å². The monoisotopic (exact) mass is 535 g/mol. The maximum atomic E-state index is 14.8. The van der Waals surface area contributed by atoms with E-state index in [-0.39, 0.29) is 24.4 Å². The van der Waals surface area contributed by atoms with Gasteiger partial charge in [-0.1, -0.05) is 86.3 Å². The molecule has 0 bridgehead atoms. The Morgan fingerprint density at radius 3 is 2.42 bits per heavy atom. The second kappa shape index (κ2) is 10.8. The summed E-state index contributed by atoms with van der Waals surface area (Å²) >= 11 is 0. The van der Waals surface area contributed by atoms with Gasteiger partial charge in [0.1, 0.15) is 11.4 Å². The summed E-state index contributed by atoms with van der Waals surface area (Å²) in [6, 6.07) is 25.9. The van der Waals surface area contributed by atoms with E-state index in [2.05, 4.69) is 35.0 Å². The third-order valence-electron chi connectivity index (χ3n) is 8.71. The molecule has 40 heavy (non-hydrogen) atoms. The highest BCUT2D eigenvalue weighted by Crippen LogP contribution is 2.41. The molecule has 206 valence electrons. The van der Waals surface area contributed by atoms with Crippen molar-refractivity contribution in [1.29, 1.82) is 0 Å². The maximum absolute atomic E-state index is 14.8. The SMILES string of the molecule is COc1ccccc1CN1C(=O)c2cc3ccc(C)cc3n2C[C@@]1(C(=O)NC1CCCCCC1)c1ccccc1. The average Bonchev–Trinajstić information content (AvgIpc) is 3.13. The molecule has 0 saturated heterocycles. The maximum Gasteiger partial charge on any atom is 0.272 e. The molecule has 6 rings (SSSR count). The first-order valence-corrected chi connectivity index (χ1v) is 14.4. The van der Waals surface area contributed by atoms with Crippen molar-refractivity contribution >= 4 is 22.7 Å². The van der Waals surface area contributed by atoms with Crippen LogP contribution in [0.4, 0.5) is 0 Å². The summed E-state index contributed by atoms with van der Waals surface area (Å²) in [7, 11) is 1.64. The molecule has 1 saturated carbocycles. The number of aromatic nitrogens is 1. The zero-order valence-electron chi connectivity index (χ0n) is 23.4. The van der Waals surface area contributed by atoms with Gasteiger partial charge in [-0.05, 0) is 49.1 Å². The van der Waals surface area contributed by atoms with Crippen LogP contribution in [0, 0.1) is 6.92 Å². The number of fused-ring (bicyclic) bond motifs is 3. The van der Waals surface area contributed by atoms with E-state index in [0.29, 0.717) is 18.0 Å². The number of carbonyl (C=O) groups excluding carboxylic acids is 2. The molecule has 1 aliphatic heterocycles. The van der Waals surface area contributed by atoms with Crippen molar-refractivity contribution in [2.45, 2.75) is 70.1 Å². The van der Waals surface area contributed by atoms with Crippen LogP contribution in [0.15, 0.2) is 78.9 Å². The lowest BCUT2D eigenvalue weighted by Gasteiger charge is -2.47. The zero-order valence-corrected chi connectivity index (χ0v) is 23.4. The van der Waals surface area contributed by atoms with Crippen molar-refractivity contribution < 1.29 is 14.3 Å². The van der Waals surface area contributed by atoms with Crippen molar-refractivity contribution in [3.05, 3.63) is 101 Å². The minimum Gasteiger partial charge on any atom is -0.496 e. The van der Waals surface area contributed by atoms with Crippen LogP contribution in [0.25, 0.3) is 10.9 Å². The molecule has 1 aromatic heterocycles. The molecule has 1 atom stereocenters. The number of nitrogens with zero attached hydrogens (tertiary/aromatic N) is 2. The minimum absolute atomic E-state index is 0.101. The molecule has 2 heterocycles. The molecule has 0 spiro atoms. The zero-order chi connectivity index (χ0) is 27.7. The fraction of sp³-hybridized carbons (Fsp3) is 0.353. The Labute approximate surface area is 235 Å². The Bertz CT molecular complexity index is 1530. The van der Waals surface area contributed by atoms with Crippen LogP contribution in [-0.2, 0) is 23.4 Å². The molecule has 2 amide bonds. The van der Waals surface area contributed by atoms with Gasteiger partial charge in [-0.3, -0.25) is 9.59 Å². The van der Waals surface area contributed by atoms with Crippen molar-refractivity contribution in [3.63, 3.8) is 0 Å². The topological polar surface area (TPSA) is 63.6 Å². The van der Waals surface area contributed by atoms with Gasteiger partial charge in [0.15, 0.2) is 5.54 Å². The highest BCUT2D eigenvalue weighted by Gasteiger charge is 2.53. The van der Waals surface area contributed by atoms with Crippen LogP contribution in [0.1, 0.15) is 65.7 Å². The first-order valence-electron chi connectivity index (χ1n) is 14.4. The normalized spacial score (nSPS) is 19.8. The van der Waals surface area contributed by atoms with Crippen LogP contribution in [0.2, 0.25) is 0 Å². The lowest BCUT2D eigenvalue weighted by Crippen LogP contribution is -2.64. The molecular weight excluding hydrogens is 498 g/mol. The van der Waals surface area contributed by atoms with E-state index < -0.39 is 5.54 Å². The van der Waals surface area contributed by atoms with Gasteiger partial charge in [0.25, 0.3) is 11.8 Å². The minimum atomic E-state index is -1.24. The van der Waals surface area contributed by atoms with E-state index in [9.17, 15) is 9.59 Å². The molecular formula is C34H37N3O3. The molecule has 1 fully saturated rings. The summed E-state index contributed by atoms with van der Waals surface area (Å²) in [4.78, 5) is 31.2. The number of ether oxygens (including phenoxy) is 1. The van der Waals surface area contributed by atoms with Crippen molar-refractivity contribution in [1.82, 2.24) is 14.8 Å². The van der Waals surface area contributed by atoms with Crippen molar-refractivity contribution in [3.8, 4) is 5.75 Å². The van der Waals surface area contributed by atoms with Gasteiger partial charge in [-0.15, -0.1) is 0 Å². The number of methoxy groups -OCH3 is 1. The van der Waals surface area contributed by atoms with Gasteiger partial charge in [0.2, 0.25) is 0 Å². The number of hydrogen-bond acceptors (Lipinski definition) is 3. The molecule has 0 radical (unpaired) electrons. The number of carbonyl (C=O) groups is 2. The van der Waals surface area contributed by atoms with Gasteiger partial charge >= 0.3 is 0 Å². The summed E-state index contributed by atoms with van der Waals surface area (Å²) in [5, 5.41) is 4.44. The van der Waals surface area contributed by atoms with Gasteiger partial charge in [-0.25, -0.2) is 0 Å². The second-order valence-electron chi connectivity index (χ2n) is 11.3. The smallest absolute Gasteiger partial charge is 0.272 e. The molecule has 0 unspecified atom stereocenters. The third-order valence-corrected chi connectivity index (χ3v) is 8.71. The van der Waals surface area contributed by atoms with Gasteiger partial charge in [-0.2, -0.15) is 0 Å². The van der Waals surface area contributed by atoms with Gasteiger partial charge in [0, 0.05) is 22.5 Å². The fourth-order valence-electron chi connectivity index (χ4n) is 6.56. The molecule has 6 heteroatoms. The highest BCUT2D eigenvalue weighted by molar-refractivity contribution is 6.04. The molecule has 4 aromatic rings. The Balaban J connectivity index is 1.55. The number of nitrogens with one attached hydrogen (secondary N) is 1. The Hall–Kier alpha value is -4.06. The van der Waals surface area contributed by atoms with E-state index in [1.54, 1.807) is 12.0 Å². The van der Waals surface area contributed by atoms with Crippen LogP contribution in [0.5, 0.6) is 5.75 Å². The van der Waals surface area contributed by atoms with E-state index in [0.717, 1.165) is 53.3 Å². The first kappa shape index (κ1) is 26.2. The number of benzene rings is 3. The predicted molar refractivity (Wildman–Crippen MR) is 157 cm³/mol. The number of amides is 2. The van der Waals surface area contributed by atoms with E-state index in [4.69, 9.17) is 4.74 Å². The van der Waals surface area contributed by atoms with Crippen molar-refractivity contribution in [2.24, 2.45) is 0 Å². The molecule has 1 aliphatic carbocycles. The molecule has 6 nitrogen and oxygen atoms in total. The van der Waals surface area contributed by atoms with Gasteiger partial charge < -0.3 is 19.5 Å². The number of aryl methyl sites for hydroxylation is 1. The second-order valence-corrected chi connectivity index (χ2v) is 11.3. The lowest BCUT2D eigenvalue weighted by molar-refractivity contribution is -0.136. The van der Waals surface area contributed by atoms with Crippen LogP contribution in [0.3, 0.4) is 0 Å². The van der Waals surface area contributed by atoms with E-state index in [1.807, 2.05) is 60.7 Å². The molecule has 3 aromatic carbocycles. The predicted octanol–water partition coefficient (Wildman–Crippen LogP) is 6.35. The summed E-state index contributed by atoms with van der Waals surface area (Å²) in [6.07, 6.45) is 6.55. The Morgan fingerprint density at radius 2 is 1.68 bits per heavy atom. The Morgan fingerprint density at radius 1 is 0.950 bits per heavy atom. The standard InChI is InChI=1S/C34H37N3O3/c1-24-18-19-25-21-30-32(38)37(22-26-12-10-11-17-31(26)40-2)34(23-36(30)29(25)20-24,27-13-6-5-7-14-27)33(39)35-28-15-8-3-4-9-16-28/h5-7,10-14,17-21,28H,3-4,8-9,15-16,22-23H2,1-2H3,(H,35,39)/t34-/m0/s1. The quantitative estimate of drug-likeness (QED) is 0.293. The van der Waals surface area contributed by atoms with Crippen molar-refractivity contribution in [2.75, 3.05) is 7.11 Å². The van der Waals surface area contributed by atoms with Crippen LogP contribution < -0.4 is 10.1 Å². The summed E-state index contributed by atoms with van der Waals surface area (Å²) in [6.45, 7) is 2.64. The fourth-order valence-corrected chi connectivity index (χ4v) is 6.56. The lowest BCUT2D eigenvalue weighted by atomic mass is 9.83. The number of hydrogen-bond donors (Lipinski definition) is 1. The molecule has 2 aliphatic rings. The third kappa shape index (κ3) is 4.55. The summed E-state index contributed by atoms with van der Waals surface area (Å²) in [5.41, 5.74) is 3.12. The highest BCUT2D eigenvalue weighted by atomic mass is 16.5. The van der Waals surface area contributed by atoms with E-state index in [1.165, 1.54) is 12.8 Å². The largest absolute Gasteiger partial charge is 0.496 e. The van der Waals surface area contributed by atoms with E-state index >= 15 is 0 Å². The van der Waals surface area contributed by atoms with Crippen LogP contribution in [-0.4, -0.2) is 34.4 Å². The van der Waals surface area contributed by atoms with Crippen LogP contribution >= 0.6 is 0 Å². The first-order chi connectivity index (χ1) is 19.5. The molecule has 1 N–H and O–H groups in total. The summed E-state index contributed by atoms with van der Waals surface area (Å²) in [5.74, 6) is 0.419. The summed E-state index contributed by atoms with van der Waals surface area (Å²) < 4.78 is 7.74.